The van der Waals surface area contributed by atoms with Crippen LogP contribution in [0.5, 0.6) is 0 Å². The van der Waals surface area contributed by atoms with E-state index in [2.05, 4.69) is 9.97 Å². The number of nitrogen functional groups attached to an aromatic ring is 1. The Labute approximate surface area is 156 Å². The zero-order valence-electron chi connectivity index (χ0n) is 14.9. The van der Waals surface area contributed by atoms with Gasteiger partial charge < -0.3 is 5.73 Å². The molecular weight excluding hydrogens is 355 g/mol. The molecule has 0 aliphatic heterocycles. The fraction of sp³-hybridized carbons (Fsp3) is 0.316. The summed E-state index contributed by atoms with van der Waals surface area (Å²) in [6.45, 7) is 5.90. The van der Waals surface area contributed by atoms with Gasteiger partial charge in [-0.05, 0) is 36.5 Å². The van der Waals surface area contributed by atoms with Gasteiger partial charge in [0.25, 0.3) is 0 Å². The third-order valence-corrected chi connectivity index (χ3v) is 4.64. The lowest BCUT2D eigenvalue weighted by molar-refractivity contribution is 0.111. The molecule has 2 N–H and O–H groups in total. The summed E-state index contributed by atoms with van der Waals surface area (Å²) in [5, 5.41) is -0.0617. The van der Waals surface area contributed by atoms with Crippen LogP contribution in [0, 0.1) is 18.7 Å². The second kappa shape index (κ2) is 7.03. The number of hydrogen-bond acceptors (Lipinski definition) is 4. The molecule has 1 aromatic carbocycles. The van der Waals surface area contributed by atoms with Crippen LogP contribution in [0.3, 0.4) is 0 Å². The van der Waals surface area contributed by atoms with Crippen LogP contribution in [0.1, 0.15) is 46.9 Å². The zero-order chi connectivity index (χ0) is 19.0. The minimum atomic E-state index is -0.668. The molecule has 0 aliphatic rings. The van der Waals surface area contributed by atoms with E-state index >= 15 is 0 Å². The van der Waals surface area contributed by atoms with E-state index in [9.17, 15) is 9.18 Å². The predicted octanol–water partition coefficient (Wildman–Crippen LogP) is 4.01. The molecule has 0 spiro atoms. The molecule has 0 atom stereocenters. The summed E-state index contributed by atoms with van der Waals surface area (Å²) in [5.41, 5.74) is 8.96. The van der Waals surface area contributed by atoms with Crippen molar-refractivity contribution < 1.29 is 9.18 Å². The van der Waals surface area contributed by atoms with Gasteiger partial charge in [-0.1, -0.05) is 25.4 Å². The smallest absolute Gasteiger partial charge is 0.153 e. The average molecular weight is 375 g/mol. The number of imidazole rings is 1. The van der Waals surface area contributed by atoms with Crippen LogP contribution in [-0.2, 0) is 12.8 Å². The first-order valence-electron chi connectivity index (χ1n) is 8.36. The Balaban J connectivity index is 2.18. The third kappa shape index (κ3) is 3.17. The van der Waals surface area contributed by atoms with Crippen molar-refractivity contribution >= 4 is 29.2 Å². The molecule has 0 bridgehead atoms. The number of hydrogen-bond donors (Lipinski definition) is 1. The number of aldehydes is 1. The van der Waals surface area contributed by atoms with Crippen molar-refractivity contribution in [1.29, 1.82) is 0 Å². The lowest BCUT2D eigenvalue weighted by Crippen LogP contribution is -2.09. The lowest BCUT2D eigenvalue weighted by Gasteiger charge is -2.15. The molecule has 0 saturated carbocycles. The topological polar surface area (TPSA) is 73.3 Å². The Morgan fingerprint density at radius 3 is 2.81 bits per heavy atom. The highest BCUT2D eigenvalue weighted by atomic mass is 35.5. The molecule has 0 amide bonds. The maximum Gasteiger partial charge on any atom is 0.153 e. The molecule has 3 aromatic rings. The highest BCUT2D eigenvalue weighted by Crippen LogP contribution is 2.29. The van der Waals surface area contributed by atoms with E-state index in [1.165, 1.54) is 0 Å². The monoisotopic (exact) mass is 374 g/mol. The summed E-state index contributed by atoms with van der Waals surface area (Å²) in [4.78, 5) is 20.2. The van der Waals surface area contributed by atoms with E-state index in [0.717, 1.165) is 22.6 Å². The number of rotatable bonds is 5. The van der Waals surface area contributed by atoms with Crippen LogP contribution in [0.15, 0.2) is 18.5 Å². The Hall–Kier alpha value is -2.47. The van der Waals surface area contributed by atoms with E-state index in [1.54, 1.807) is 18.5 Å². The summed E-state index contributed by atoms with van der Waals surface area (Å²) >= 11 is 6.03. The molecule has 2 aromatic heterocycles. The number of carbonyl (C=O) groups is 1. The van der Waals surface area contributed by atoms with Gasteiger partial charge in [0.2, 0.25) is 0 Å². The highest BCUT2D eigenvalue weighted by molar-refractivity contribution is 6.31. The normalized spacial score (nSPS) is 11.5. The first-order valence-corrected chi connectivity index (χ1v) is 8.74. The maximum atomic E-state index is 14.3. The number of halogens is 2. The summed E-state index contributed by atoms with van der Waals surface area (Å²) < 4.78 is 16.2. The van der Waals surface area contributed by atoms with E-state index in [1.807, 2.05) is 25.2 Å². The van der Waals surface area contributed by atoms with Crippen LogP contribution in [0.4, 0.5) is 10.2 Å². The molecular formula is C19H20ClFN4O. The number of aromatic nitrogens is 3. The molecule has 2 heterocycles. The standard InChI is InChI=1S/C19H20ClFN4O/c1-10(2)6-13-12(7-15(20)17(21)14(13)9-26)8-16-24-11(3)18-19(22)23-4-5-25(16)18/h4-5,7,9-10H,6,8H2,1-3H3,(H2,22,23). The minimum absolute atomic E-state index is 0.0277. The number of benzene rings is 1. The molecule has 26 heavy (non-hydrogen) atoms. The predicted molar refractivity (Wildman–Crippen MR) is 100 cm³/mol. The van der Waals surface area contributed by atoms with Gasteiger partial charge in [0.1, 0.15) is 17.2 Å². The molecule has 7 heteroatoms. The third-order valence-electron chi connectivity index (χ3n) is 4.37. The van der Waals surface area contributed by atoms with Crippen molar-refractivity contribution in [3.8, 4) is 0 Å². The van der Waals surface area contributed by atoms with Crippen LogP contribution in [-0.4, -0.2) is 20.7 Å². The fourth-order valence-electron chi connectivity index (χ4n) is 3.28. The minimum Gasteiger partial charge on any atom is -0.382 e. The Bertz CT molecular complexity index is 997. The second-order valence-electron chi connectivity index (χ2n) is 6.76. The quantitative estimate of drug-likeness (QED) is 0.684. The van der Waals surface area contributed by atoms with Gasteiger partial charge in [-0.2, -0.15) is 0 Å². The number of carbonyl (C=O) groups excluding carboxylic acids is 1. The van der Waals surface area contributed by atoms with Crippen molar-refractivity contribution in [1.82, 2.24) is 14.4 Å². The SMILES string of the molecule is Cc1nc(Cc2cc(Cl)c(F)c(C=O)c2CC(C)C)n2ccnc(N)c12. The van der Waals surface area contributed by atoms with Gasteiger partial charge in [0.05, 0.1) is 16.3 Å². The molecule has 0 fully saturated rings. The Morgan fingerprint density at radius 1 is 1.42 bits per heavy atom. The number of nitrogens with zero attached hydrogens (tertiary/aromatic N) is 3. The van der Waals surface area contributed by atoms with Gasteiger partial charge >= 0.3 is 0 Å². The van der Waals surface area contributed by atoms with Crippen LogP contribution in [0.2, 0.25) is 5.02 Å². The van der Waals surface area contributed by atoms with Crippen molar-refractivity contribution in [3.63, 3.8) is 0 Å². The molecule has 0 saturated heterocycles. The zero-order valence-corrected chi connectivity index (χ0v) is 15.6. The number of aryl methyl sites for hydroxylation is 1. The molecule has 0 radical (unpaired) electrons. The molecule has 0 unspecified atom stereocenters. The summed E-state index contributed by atoms with van der Waals surface area (Å²) in [7, 11) is 0. The number of anilines is 1. The highest BCUT2D eigenvalue weighted by Gasteiger charge is 2.20. The van der Waals surface area contributed by atoms with Crippen LogP contribution in [0.25, 0.3) is 5.52 Å². The summed E-state index contributed by atoms with van der Waals surface area (Å²) in [5.74, 6) is 0.721. The van der Waals surface area contributed by atoms with Crippen LogP contribution >= 0.6 is 11.6 Å². The fourth-order valence-corrected chi connectivity index (χ4v) is 3.51. The van der Waals surface area contributed by atoms with Gasteiger partial charge in [0.15, 0.2) is 12.1 Å². The van der Waals surface area contributed by atoms with E-state index in [0.29, 0.717) is 30.5 Å². The van der Waals surface area contributed by atoms with Gasteiger partial charge in [-0.15, -0.1) is 0 Å². The Kier molecular flexibility index (Phi) is 4.96. The van der Waals surface area contributed by atoms with Crippen molar-refractivity contribution in [3.05, 3.63) is 57.5 Å². The average Bonchev–Trinajstić information content (AvgIpc) is 2.89. The van der Waals surface area contributed by atoms with Crippen LogP contribution < -0.4 is 5.73 Å². The summed E-state index contributed by atoms with van der Waals surface area (Å²) in [6.07, 6.45) is 4.91. The lowest BCUT2D eigenvalue weighted by atomic mass is 9.91. The van der Waals surface area contributed by atoms with Crippen molar-refractivity contribution in [2.24, 2.45) is 5.92 Å². The Morgan fingerprint density at radius 2 is 2.15 bits per heavy atom. The first-order chi connectivity index (χ1) is 12.3. The number of fused-ring (bicyclic) bond motifs is 1. The van der Waals surface area contributed by atoms with Gasteiger partial charge in [-0.25, -0.2) is 14.4 Å². The van der Waals surface area contributed by atoms with Crippen molar-refractivity contribution in [2.45, 2.75) is 33.6 Å². The van der Waals surface area contributed by atoms with E-state index in [4.69, 9.17) is 17.3 Å². The molecule has 136 valence electrons. The molecule has 0 aliphatic carbocycles. The van der Waals surface area contributed by atoms with E-state index < -0.39 is 5.82 Å². The molecule has 5 nitrogen and oxygen atoms in total. The maximum absolute atomic E-state index is 14.3. The summed E-state index contributed by atoms with van der Waals surface area (Å²) in [6, 6.07) is 1.59. The number of nitrogens with two attached hydrogens (primary N) is 1. The van der Waals surface area contributed by atoms with Gasteiger partial charge in [-0.3, -0.25) is 9.20 Å². The first kappa shape index (κ1) is 18.3. The van der Waals surface area contributed by atoms with Gasteiger partial charge in [0, 0.05) is 18.8 Å². The molecule has 3 rings (SSSR count). The van der Waals surface area contributed by atoms with Crippen molar-refractivity contribution in [2.75, 3.05) is 5.73 Å². The van der Waals surface area contributed by atoms with E-state index in [-0.39, 0.29) is 16.5 Å². The largest absolute Gasteiger partial charge is 0.382 e. The second-order valence-corrected chi connectivity index (χ2v) is 7.17.